The summed E-state index contributed by atoms with van der Waals surface area (Å²) in [5, 5.41) is 6.12. The molecule has 5 aliphatic rings. The van der Waals surface area contributed by atoms with E-state index in [0.717, 1.165) is 56.5 Å². The van der Waals surface area contributed by atoms with Crippen molar-refractivity contribution in [1.29, 1.82) is 0 Å². The monoisotopic (exact) mass is 375 g/mol. The summed E-state index contributed by atoms with van der Waals surface area (Å²) in [5.41, 5.74) is -0.0976. The van der Waals surface area contributed by atoms with Crippen LogP contribution in [0.5, 0.6) is 0 Å². The Kier molecular flexibility index (Phi) is 6.05. The molecule has 4 bridgehead atoms. The third-order valence-corrected chi connectivity index (χ3v) is 7.58. The average molecular weight is 376 g/mol. The molecule has 1 heterocycles. The minimum absolute atomic E-state index is 0.0689. The molecular weight excluding hydrogens is 338 g/mol. The summed E-state index contributed by atoms with van der Waals surface area (Å²) < 4.78 is 0. The first-order chi connectivity index (χ1) is 13.1. The quantitative estimate of drug-likeness (QED) is 0.641. The van der Waals surface area contributed by atoms with E-state index >= 15 is 0 Å². The van der Waals surface area contributed by atoms with Crippen molar-refractivity contribution in [3.05, 3.63) is 0 Å². The van der Waals surface area contributed by atoms with Crippen molar-refractivity contribution in [1.82, 2.24) is 15.5 Å². The largest absolute Gasteiger partial charge is 0.356 e. The molecule has 5 nitrogen and oxygen atoms in total. The fourth-order valence-corrected chi connectivity index (χ4v) is 6.67. The molecule has 2 amide bonds. The number of carbonyl (C=O) groups is 2. The van der Waals surface area contributed by atoms with Gasteiger partial charge in [0.05, 0.1) is 0 Å². The number of piperidine rings is 1. The molecular formula is C22H37N3O2. The van der Waals surface area contributed by atoms with Crippen LogP contribution in [-0.2, 0) is 9.59 Å². The fraction of sp³-hybridized carbons (Fsp3) is 0.909. The number of hydrogen-bond donors (Lipinski definition) is 2. The van der Waals surface area contributed by atoms with Crippen molar-refractivity contribution in [2.24, 2.45) is 23.2 Å². The van der Waals surface area contributed by atoms with Crippen LogP contribution in [0.2, 0.25) is 0 Å². The van der Waals surface area contributed by atoms with Crippen LogP contribution in [0.15, 0.2) is 0 Å². The van der Waals surface area contributed by atoms with Crippen LogP contribution in [0.4, 0.5) is 0 Å². The first kappa shape index (κ1) is 19.2. The van der Waals surface area contributed by atoms with Crippen molar-refractivity contribution >= 4 is 11.8 Å². The van der Waals surface area contributed by atoms with Crippen LogP contribution >= 0.6 is 0 Å². The maximum Gasteiger partial charge on any atom is 0.226 e. The molecule has 2 N–H and O–H groups in total. The Labute approximate surface area is 164 Å². The van der Waals surface area contributed by atoms with Crippen LogP contribution < -0.4 is 10.6 Å². The molecule has 0 unspecified atom stereocenters. The van der Waals surface area contributed by atoms with Gasteiger partial charge in [-0.05, 0) is 95.2 Å². The van der Waals surface area contributed by atoms with E-state index in [1.807, 2.05) is 0 Å². The molecule has 1 saturated heterocycles. The van der Waals surface area contributed by atoms with Crippen LogP contribution in [0.1, 0.15) is 70.6 Å². The molecule has 27 heavy (non-hydrogen) atoms. The van der Waals surface area contributed by atoms with E-state index in [-0.39, 0.29) is 17.2 Å². The summed E-state index contributed by atoms with van der Waals surface area (Å²) in [6.45, 7) is 4.74. The van der Waals surface area contributed by atoms with Gasteiger partial charge in [0.15, 0.2) is 0 Å². The van der Waals surface area contributed by atoms with Crippen molar-refractivity contribution in [2.45, 2.75) is 70.6 Å². The second kappa shape index (κ2) is 8.50. The highest BCUT2D eigenvalue weighted by molar-refractivity contribution is 5.84. The Morgan fingerprint density at radius 3 is 2.11 bits per heavy atom. The molecule has 0 aromatic carbocycles. The smallest absolute Gasteiger partial charge is 0.226 e. The zero-order valence-electron chi connectivity index (χ0n) is 16.8. The summed E-state index contributed by atoms with van der Waals surface area (Å²) in [6, 6.07) is 0. The summed E-state index contributed by atoms with van der Waals surface area (Å²) in [4.78, 5) is 27.4. The molecule has 152 valence electrons. The minimum atomic E-state index is -0.0976. The van der Waals surface area contributed by atoms with E-state index in [0.29, 0.717) is 13.0 Å². The van der Waals surface area contributed by atoms with Gasteiger partial charge in [0.1, 0.15) is 0 Å². The highest BCUT2D eigenvalue weighted by Crippen LogP contribution is 2.60. The van der Waals surface area contributed by atoms with Gasteiger partial charge in [0.2, 0.25) is 11.8 Å². The molecule has 0 atom stereocenters. The van der Waals surface area contributed by atoms with Crippen LogP contribution in [-0.4, -0.2) is 49.4 Å². The number of hydrogen-bond acceptors (Lipinski definition) is 3. The molecule has 4 aliphatic carbocycles. The topological polar surface area (TPSA) is 61.4 Å². The number of amides is 2. The fourth-order valence-electron chi connectivity index (χ4n) is 6.67. The second-order valence-corrected chi connectivity index (χ2v) is 9.81. The second-order valence-electron chi connectivity index (χ2n) is 9.81. The summed E-state index contributed by atoms with van der Waals surface area (Å²) >= 11 is 0. The molecule has 0 spiro atoms. The average Bonchev–Trinajstić information content (AvgIpc) is 2.65. The van der Waals surface area contributed by atoms with Crippen LogP contribution in [0, 0.1) is 23.2 Å². The number of rotatable bonds is 8. The number of likely N-dealkylation sites (tertiary alicyclic amines) is 1. The third-order valence-electron chi connectivity index (χ3n) is 7.58. The predicted molar refractivity (Wildman–Crippen MR) is 106 cm³/mol. The maximum atomic E-state index is 12.9. The molecule has 0 aromatic heterocycles. The van der Waals surface area contributed by atoms with Gasteiger partial charge in [-0.25, -0.2) is 0 Å². The van der Waals surface area contributed by atoms with Crippen molar-refractivity contribution in [3.63, 3.8) is 0 Å². The molecule has 0 aromatic rings. The zero-order valence-corrected chi connectivity index (χ0v) is 16.8. The molecule has 5 heteroatoms. The summed E-state index contributed by atoms with van der Waals surface area (Å²) in [5.74, 6) is 2.65. The lowest BCUT2D eigenvalue weighted by Crippen LogP contribution is -2.53. The predicted octanol–water partition coefficient (Wildman–Crippen LogP) is 2.70. The normalized spacial score (nSPS) is 35.2. The minimum Gasteiger partial charge on any atom is -0.356 e. The Morgan fingerprint density at radius 1 is 0.852 bits per heavy atom. The molecule has 5 fully saturated rings. The van der Waals surface area contributed by atoms with Gasteiger partial charge in [-0.3, -0.25) is 9.59 Å². The van der Waals surface area contributed by atoms with Crippen LogP contribution in [0.25, 0.3) is 0 Å². The standard InChI is InChI=1S/C22H37N3O2/c26-20(23-6-4-10-25-8-2-1-3-9-25)5-7-24-21(27)22-14-17-11-18(15-22)13-19(12-17)16-22/h17-19H,1-16H2,(H,23,26)(H,24,27). The van der Waals surface area contributed by atoms with E-state index in [1.165, 1.54) is 51.6 Å². The number of nitrogens with one attached hydrogen (secondary N) is 2. The van der Waals surface area contributed by atoms with Crippen LogP contribution in [0.3, 0.4) is 0 Å². The Balaban J connectivity index is 1.11. The third kappa shape index (κ3) is 4.67. The number of carbonyl (C=O) groups excluding carboxylic acids is 2. The lowest BCUT2D eigenvalue weighted by molar-refractivity contribution is -0.146. The number of nitrogens with zero attached hydrogens (tertiary/aromatic N) is 1. The first-order valence-electron chi connectivity index (χ1n) is 11.4. The molecule has 4 saturated carbocycles. The van der Waals surface area contributed by atoms with E-state index in [4.69, 9.17) is 0 Å². The van der Waals surface area contributed by atoms with Crippen molar-refractivity contribution < 1.29 is 9.59 Å². The summed E-state index contributed by atoms with van der Waals surface area (Å²) in [7, 11) is 0. The van der Waals surface area contributed by atoms with E-state index in [9.17, 15) is 9.59 Å². The highest BCUT2D eigenvalue weighted by atomic mass is 16.2. The van der Waals surface area contributed by atoms with Gasteiger partial charge < -0.3 is 15.5 Å². The highest BCUT2D eigenvalue weighted by Gasteiger charge is 2.54. The van der Waals surface area contributed by atoms with Gasteiger partial charge >= 0.3 is 0 Å². The van der Waals surface area contributed by atoms with Crippen molar-refractivity contribution in [3.8, 4) is 0 Å². The van der Waals surface area contributed by atoms with Gasteiger partial charge in [0.25, 0.3) is 0 Å². The zero-order chi connectivity index (χ0) is 18.7. The lowest BCUT2D eigenvalue weighted by atomic mass is 9.49. The van der Waals surface area contributed by atoms with E-state index in [2.05, 4.69) is 15.5 Å². The molecule has 0 radical (unpaired) electrons. The molecule has 5 rings (SSSR count). The van der Waals surface area contributed by atoms with E-state index < -0.39 is 0 Å². The SMILES string of the molecule is O=C(CCNC(=O)C12CC3CC(CC(C3)C1)C2)NCCCN1CCCCC1. The molecule has 1 aliphatic heterocycles. The first-order valence-corrected chi connectivity index (χ1v) is 11.4. The Morgan fingerprint density at radius 2 is 1.48 bits per heavy atom. The Hall–Kier alpha value is -1.10. The van der Waals surface area contributed by atoms with Gasteiger partial charge in [-0.2, -0.15) is 0 Å². The van der Waals surface area contributed by atoms with Crippen molar-refractivity contribution in [2.75, 3.05) is 32.7 Å². The maximum absolute atomic E-state index is 12.9. The Bertz CT molecular complexity index is 506. The summed E-state index contributed by atoms with van der Waals surface area (Å²) in [6.07, 6.45) is 12.8. The van der Waals surface area contributed by atoms with Gasteiger partial charge in [-0.15, -0.1) is 0 Å². The van der Waals surface area contributed by atoms with Gasteiger partial charge in [-0.1, -0.05) is 6.42 Å². The van der Waals surface area contributed by atoms with Gasteiger partial charge in [0, 0.05) is 24.9 Å². The van der Waals surface area contributed by atoms with E-state index in [1.54, 1.807) is 0 Å². The lowest BCUT2D eigenvalue weighted by Gasteiger charge is -2.55.